The Balaban J connectivity index is 2.00. The summed E-state index contributed by atoms with van der Waals surface area (Å²) < 4.78 is 7.39. The number of nitrogens with zero attached hydrogens (tertiary/aromatic N) is 2. The van der Waals surface area contributed by atoms with Crippen LogP contribution in [0.25, 0.3) is 0 Å². The van der Waals surface area contributed by atoms with Gasteiger partial charge in [0, 0.05) is 31.6 Å². The number of nitrogens with one attached hydrogen (secondary N) is 1. The van der Waals surface area contributed by atoms with Crippen LogP contribution in [-0.2, 0) is 4.74 Å². The first-order chi connectivity index (χ1) is 8.22. The lowest BCUT2D eigenvalue weighted by Gasteiger charge is -2.33. The van der Waals surface area contributed by atoms with Crippen molar-refractivity contribution in [1.82, 2.24) is 9.55 Å². The molecule has 1 aliphatic rings. The summed E-state index contributed by atoms with van der Waals surface area (Å²) in [4.78, 5) is 4.40. The number of hydrogen-bond donors (Lipinski definition) is 1. The van der Waals surface area contributed by atoms with Gasteiger partial charge in [-0.3, -0.25) is 0 Å². The molecule has 0 radical (unpaired) electrons. The van der Waals surface area contributed by atoms with Crippen molar-refractivity contribution < 1.29 is 4.74 Å². The largest absolute Gasteiger partial charge is 0.383 e. The average molecular weight is 237 g/mol. The van der Waals surface area contributed by atoms with Crippen molar-refractivity contribution in [2.45, 2.75) is 45.2 Å². The van der Waals surface area contributed by atoms with Crippen LogP contribution in [-0.4, -0.2) is 29.3 Å². The summed E-state index contributed by atoms with van der Waals surface area (Å²) in [7, 11) is 1.72. The number of methoxy groups -OCH3 is 1. The van der Waals surface area contributed by atoms with Gasteiger partial charge in [0.15, 0.2) is 0 Å². The van der Waals surface area contributed by atoms with E-state index in [4.69, 9.17) is 4.74 Å². The molecule has 0 bridgehead atoms. The molecule has 2 unspecified atom stereocenters. The zero-order valence-electron chi connectivity index (χ0n) is 11.0. The van der Waals surface area contributed by atoms with E-state index in [1.807, 2.05) is 6.20 Å². The van der Waals surface area contributed by atoms with Gasteiger partial charge in [-0.1, -0.05) is 6.42 Å². The summed E-state index contributed by atoms with van der Waals surface area (Å²) in [5, 5.41) is 3.40. The molecule has 1 aromatic rings. The average Bonchev–Trinajstić information content (AvgIpc) is 2.63. The maximum Gasteiger partial charge on any atom is 0.203 e. The van der Waals surface area contributed by atoms with Crippen LogP contribution in [0, 0.1) is 5.92 Å². The number of rotatable bonds is 6. The van der Waals surface area contributed by atoms with Gasteiger partial charge in [0.1, 0.15) is 0 Å². The molecule has 1 N–H and O–H groups in total. The summed E-state index contributed by atoms with van der Waals surface area (Å²) in [6, 6.07) is 0.832. The third kappa shape index (κ3) is 2.80. The SMILES string of the molecule is COCC(C)Nc1nccn1C(C)C1CCC1. The molecular formula is C13H23N3O. The highest BCUT2D eigenvalue weighted by atomic mass is 16.5. The number of hydrogen-bond acceptors (Lipinski definition) is 3. The van der Waals surface area contributed by atoms with E-state index >= 15 is 0 Å². The topological polar surface area (TPSA) is 39.1 Å². The molecule has 1 fully saturated rings. The Hall–Kier alpha value is -1.03. The molecule has 96 valence electrons. The number of anilines is 1. The molecular weight excluding hydrogens is 214 g/mol. The van der Waals surface area contributed by atoms with Crippen LogP contribution in [0.3, 0.4) is 0 Å². The molecule has 0 aromatic carbocycles. The van der Waals surface area contributed by atoms with Crippen LogP contribution in [0.4, 0.5) is 5.95 Å². The molecule has 0 aliphatic heterocycles. The quantitative estimate of drug-likeness (QED) is 0.826. The minimum absolute atomic E-state index is 0.287. The summed E-state index contributed by atoms with van der Waals surface area (Å²) in [5.74, 6) is 1.79. The lowest BCUT2D eigenvalue weighted by Crippen LogP contribution is -2.27. The highest BCUT2D eigenvalue weighted by Crippen LogP contribution is 2.37. The minimum atomic E-state index is 0.287. The van der Waals surface area contributed by atoms with E-state index in [1.54, 1.807) is 7.11 Å². The maximum atomic E-state index is 5.13. The molecule has 0 saturated heterocycles. The summed E-state index contributed by atoms with van der Waals surface area (Å²) in [5.41, 5.74) is 0. The first kappa shape index (κ1) is 12.4. The number of aromatic nitrogens is 2. The van der Waals surface area contributed by atoms with E-state index < -0.39 is 0 Å². The van der Waals surface area contributed by atoms with Gasteiger partial charge in [-0.2, -0.15) is 0 Å². The van der Waals surface area contributed by atoms with Gasteiger partial charge in [0.25, 0.3) is 0 Å². The predicted octanol–water partition coefficient (Wildman–Crippen LogP) is 2.69. The lowest BCUT2D eigenvalue weighted by molar-refractivity contribution is 0.189. The Labute approximate surface area is 103 Å². The van der Waals surface area contributed by atoms with Crippen LogP contribution in [0.5, 0.6) is 0 Å². The van der Waals surface area contributed by atoms with E-state index in [0.717, 1.165) is 11.9 Å². The Kier molecular flexibility index (Phi) is 4.05. The fourth-order valence-electron chi connectivity index (χ4n) is 2.41. The standard InChI is InChI=1S/C13H23N3O/c1-10(9-17-3)15-13-14-7-8-16(13)11(2)12-5-4-6-12/h7-8,10-12H,4-6,9H2,1-3H3,(H,14,15). The molecule has 2 rings (SSSR count). The van der Waals surface area contributed by atoms with E-state index in [2.05, 4.69) is 34.9 Å². The maximum absolute atomic E-state index is 5.13. The van der Waals surface area contributed by atoms with Crippen molar-refractivity contribution >= 4 is 5.95 Å². The van der Waals surface area contributed by atoms with E-state index in [-0.39, 0.29) is 6.04 Å². The molecule has 1 aliphatic carbocycles. The van der Waals surface area contributed by atoms with Gasteiger partial charge in [-0.15, -0.1) is 0 Å². The van der Waals surface area contributed by atoms with Crippen molar-refractivity contribution in [2.75, 3.05) is 19.0 Å². The second-order valence-corrected chi connectivity index (χ2v) is 5.09. The van der Waals surface area contributed by atoms with Crippen LogP contribution in [0.1, 0.15) is 39.2 Å². The van der Waals surface area contributed by atoms with Crippen molar-refractivity contribution in [3.63, 3.8) is 0 Å². The monoisotopic (exact) mass is 237 g/mol. The first-order valence-electron chi connectivity index (χ1n) is 6.50. The zero-order chi connectivity index (χ0) is 12.3. The van der Waals surface area contributed by atoms with Crippen molar-refractivity contribution in [1.29, 1.82) is 0 Å². The Bertz CT molecular complexity index is 346. The van der Waals surface area contributed by atoms with E-state index in [1.165, 1.54) is 19.3 Å². The second-order valence-electron chi connectivity index (χ2n) is 5.09. The fourth-order valence-corrected chi connectivity index (χ4v) is 2.41. The number of ether oxygens (including phenoxy) is 1. The molecule has 4 nitrogen and oxygen atoms in total. The van der Waals surface area contributed by atoms with E-state index in [9.17, 15) is 0 Å². The fraction of sp³-hybridized carbons (Fsp3) is 0.769. The van der Waals surface area contributed by atoms with E-state index in [0.29, 0.717) is 12.6 Å². The molecule has 1 heterocycles. The Morgan fingerprint density at radius 2 is 2.29 bits per heavy atom. The third-order valence-corrected chi connectivity index (χ3v) is 3.73. The van der Waals surface area contributed by atoms with Gasteiger partial charge in [-0.05, 0) is 32.6 Å². The van der Waals surface area contributed by atoms with Crippen LogP contribution in [0.2, 0.25) is 0 Å². The van der Waals surface area contributed by atoms with Gasteiger partial charge in [0.05, 0.1) is 6.61 Å². The molecule has 0 spiro atoms. The second kappa shape index (κ2) is 5.54. The van der Waals surface area contributed by atoms with Crippen LogP contribution >= 0.6 is 0 Å². The van der Waals surface area contributed by atoms with Crippen molar-refractivity contribution in [3.05, 3.63) is 12.4 Å². The molecule has 1 saturated carbocycles. The molecule has 0 amide bonds. The molecule has 4 heteroatoms. The lowest BCUT2D eigenvalue weighted by atomic mass is 9.80. The van der Waals surface area contributed by atoms with Gasteiger partial charge >= 0.3 is 0 Å². The van der Waals surface area contributed by atoms with Gasteiger partial charge in [-0.25, -0.2) is 4.98 Å². The molecule has 2 atom stereocenters. The third-order valence-electron chi connectivity index (χ3n) is 3.73. The molecule has 1 aromatic heterocycles. The predicted molar refractivity (Wildman–Crippen MR) is 69.2 cm³/mol. The van der Waals surface area contributed by atoms with Crippen LogP contribution in [0.15, 0.2) is 12.4 Å². The summed E-state index contributed by atoms with van der Waals surface area (Å²) in [6.45, 7) is 5.10. The minimum Gasteiger partial charge on any atom is -0.383 e. The Morgan fingerprint density at radius 3 is 2.88 bits per heavy atom. The van der Waals surface area contributed by atoms with Crippen LogP contribution < -0.4 is 5.32 Å². The summed E-state index contributed by atoms with van der Waals surface area (Å²) in [6.07, 6.45) is 8.03. The van der Waals surface area contributed by atoms with Crippen molar-refractivity contribution in [3.8, 4) is 0 Å². The first-order valence-corrected chi connectivity index (χ1v) is 6.50. The molecule has 17 heavy (non-hydrogen) atoms. The number of imidazole rings is 1. The van der Waals surface area contributed by atoms with Gasteiger partial charge in [0.2, 0.25) is 5.95 Å². The van der Waals surface area contributed by atoms with Gasteiger partial charge < -0.3 is 14.6 Å². The highest BCUT2D eigenvalue weighted by molar-refractivity contribution is 5.28. The smallest absolute Gasteiger partial charge is 0.203 e. The summed E-state index contributed by atoms with van der Waals surface area (Å²) >= 11 is 0. The zero-order valence-corrected chi connectivity index (χ0v) is 11.0. The normalized spacial score (nSPS) is 19.7. The highest BCUT2D eigenvalue weighted by Gasteiger charge is 2.26. The van der Waals surface area contributed by atoms with Crippen molar-refractivity contribution in [2.24, 2.45) is 5.92 Å². The Morgan fingerprint density at radius 1 is 1.53 bits per heavy atom.